The molecule has 2 aromatic carbocycles. The second-order valence-electron chi connectivity index (χ2n) is 11.6. The van der Waals surface area contributed by atoms with Crippen molar-refractivity contribution in [3.63, 3.8) is 0 Å². The number of guanidine groups is 1. The van der Waals surface area contributed by atoms with Crippen molar-refractivity contribution in [2.75, 3.05) is 18.5 Å². The lowest BCUT2D eigenvalue weighted by molar-refractivity contribution is 0.0631. The fourth-order valence-electron chi connectivity index (χ4n) is 5.74. The first-order valence-corrected chi connectivity index (χ1v) is 13.3. The predicted molar refractivity (Wildman–Crippen MR) is 154 cm³/mol. The summed E-state index contributed by atoms with van der Waals surface area (Å²) in [5.74, 6) is 0.576. The van der Waals surface area contributed by atoms with Crippen LogP contribution in [0.5, 0.6) is 0 Å². The highest BCUT2D eigenvalue weighted by atomic mass is 16.2. The van der Waals surface area contributed by atoms with Gasteiger partial charge in [0.15, 0.2) is 0 Å². The Labute approximate surface area is 226 Å². The van der Waals surface area contributed by atoms with E-state index in [0.29, 0.717) is 24.6 Å². The van der Waals surface area contributed by atoms with Gasteiger partial charge in [-0.05, 0) is 73.8 Å². The van der Waals surface area contributed by atoms with E-state index in [1.807, 2.05) is 29.2 Å². The molecule has 2 aromatic rings. The number of amides is 3. The number of hydrogen-bond donors (Lipinski definition) is 2. The number of carbonyl (C=O) groups is 2. The Morgan fingerprint density at radius 2 is 1.71 bits per heavy atom. The summed E-state index contributed by atoms with van der Waals surface area (Å²) in [6.45, 7) is 13.6. The fraction of sp³-hybridized carbons (Fsp3) is 0.467. The van der Waals surface area contributed by atoms with Gasteiger partial charge < -0.3 is 4.90 Å². The van der Waals surface area contributed by atoms with E-state index in [-0.39, 0.29) is 28.9 Å². The molecule has 0 aromatic heterocycles. The van der Waals surface area contributed by atoms with Gasteiger partial charge in [-0.3, -0.25) is 20.0 Å². The van der Waals surface area contributed by atoms with Gasteiger partial charge in [0.05, 0.1) is 12.1 Å². The summed E-state index contributed by atoms with van der Waals surface area (Å²) in [5, 5.41) is 6.21. The van der Waals surface area contributed by atoms with Crippen molar-refractivity contribution in [1.82, 2.24) is 15.6 Å². The first kappa shape index (κ1) is 27.4. The van der Waals surface area contributed by atoms with Gasteiger partial charge in [-0.1, -0.05) is 50.6 Å². The molecule has 8 nitrogen and oxygen atoms in total. The molecule has 4 rings (SSSR count). The molecule has 0 unspecified atom stereocenters. The van der Waals surface area contributed by atoms with Crippen LogP contribution in [0.3, 0.4) is 0 Å². The predicted octanol–water partition coefficient (Wildman–Crippen LogP) is 5.33. The third kappa shape index (κ3) is 5.74. The Hall–Kier alpha value is -3.68. The SMILES string of the molecule is C=NNC(=NC)NC(=O)c1ccc(CN2C(=O)N(c3ccc(C)cc3)CC23CCC(C(C)(C)C)CC3)cc1. The summed E-state index contributed by atoms with van der Waals surface area (Å²) in [4.78, 5) is 34.5. The molecule has 1 saturated heterocycles. The molecule has 3 amide bonds. The molecule has 1 aliphatic heterocycles. The molecular formula is C30H40N6O2. The summed E-state index contributed by atoms with van der Waals surface area (Å²) in [7, 11) is 1.55. The lowest BCUT2D eigenvalue weighted by Gasteiger charge is -2.45. The lowest BCUT2D eigenvalue weighted by atomic mass is 9.67. The first-order valence-electron chi connectivity index (χ1n) is 13.3. The van der Waals surface area contributed by atoms with Crippen molar-refractivity contribution in [1.29, 1.82) is 0 Å². The maximum atomic E-state index is 13.9. The highest BCUT2D eigenvalue weighted by molar-refractivity contribution is 6.05. The van der Waals surface area contributed by atoms with E-state index in [1.54, 1.807) is 19.2 Å². The highest BCUT2D eigenvalue weighted by Crippen LogP contribution is 2.47. The van der Waals surface area contributed by atoms with Crippen molar-refractivity contribution >= 4 is 30.3 Å². The van der Waals surface area contributed by atoms with E-state index >= 15 is 0 Å². The largest absolute Gasteiger partial charge is 0.325 e. The molecular weight excluding hydrogens is 476 g/mol. The van der Waals surface area contributed by atoms with Gasteiger partial charge in [-0.25, -0.2) is 10.2 Å². The molecule has 202 valence electrons. The number of urea groups is 1. The highest BCUT2D eigenvalue weighted by Gasteiger charge is 2.52. The van der Waals surface area contributed by atoms with Crippen molar-refractivity contribution in [2.45, 2.75) is 65.5 Å². The average molecular weight is 517 g/mol. The number of aliphatic imine (C=N–C) groups is 1. The number of benzene rings is 2. The van der Waals surface area contributed by atoms with Crippen LogP contribution in [-0.4, -0.2) is 48.6 Å². The lowest BCUT2D eigenvalue weighted by Crippen LogP contribution is -2.50. The number of hydrogen-bond acceptors (Lipinski definition) is 4. The Balaban J connectivity index is 1.55. The Morgan fingerprint density at radius 1 is 1.08 bits per heavy atom. The van der Waals surface area contributed by atoms with Gasteiger partial charge in [-0.2, -0.15) is 5.10 Å². The molecule has 1 saturated carbocycles. The number of hydrazone groups is 1. The van der Waals surface area contributed by atoms with E-state index in [9.17, 15) is 9.59 Å². The number of carbonyl (C=O) groups excluding carboxylic acids is 2. The molecule has 1 spiro atoms. The van der Waals surface area contributed by atoms with Crippen LogP contribution in [0.25, 0.3) is 0 Å². The van der Waals surface area contributed by atoms with Crippen LogP contribution >= 0.6 is 0 Å². The van der Waals surface area contributed by atoms with Gasteiger partial charge >= 0.3 is 6.03 Å². The summed E-state index contributed by atoms with van der Waals surface area (Å²) in [5.41, 5.74) is 6.23. The van der Waals surface area contributed by atoms with E-state index in [0.717, 1.165) is 36.9 Å². The number of rotatable bonds is 5. The zero-order valence-corrected chi connectivity index (χ0v) is 23.3. The van der Waals surface area contributed by atoms with Crippen LogP contribution in [0.1, 0.15) is 67.9 Å². The van der Waals surface area contributed by atoms with Crippen molar-refractivity contribution in [2.24, 2.45) is 21.4 Å². The maximum absolute atomic E-state index is 13.9. The Bertz CT molecular complexity index is 1190. The summed E-state index contributed by atoms with van der Waals surface area (Å²) in [6.07, 6.45) is 4.21. The van der Waals surface area contributed by atoms with Gasteiger partial charge in [0.2, 0.25) is 5.96 Å². The zero-order chi connectivity index (χ0) is 27.5. The molecule has 2 aliphatic rings. The molecule has 0 bridgehead atoms. The number of aryl methyl sites for hydroxylation is 1. The second kappa shape index (κ2) is 11.0. The number of nitrogens with zero attached hydrogens (tertiary/aromatic N) is 4. The van der Waals surface area contributed by atoms with E-state index < -0.39 is 0 Å². The van der Waals surface area contributed by atoms with Gasteiger partial charge in [0.1, 0.15) is 0 Å². The third-order valence-electron chi connectivity index (χ3n) is 8.17. The minimum absolute atomic E-state index is 0.0525. The minimum atomic E-state index is -0.298. The molecule has 2 N–H and O–H groups in total. The topological polar surface area (TPSA) is 89.4 Å². The van der Waals surface area contributed by atoms with Crippen LogP contribution in [-0.2, 0) is 6.54 Å². The van der Waals surface area contributed by atoms with Crippen molar-refractivity contribution in [3.8, 4) is 0 Å². The monoisotopic (exact) mass is 516 g/mol. The molecule has 8 heteroatoms. The second-order valence-corrected chi connectivity index (χ2v) is 11.6. The van der Waals surface area contributed by atoms with E-state index in [4.69, 9.17) is 0 Å². The minimum Gasteiger partial charge on any atom is -0.313 e. The third-order valence-corrected chi connectivity index (χ3v) is 8.17. The summed E-state index contributed by atoms with van der Waals surface area (Å²) >= 11 is 0. The maximum Gasteiger partial charge on any atom is 0.325 e. The fourth-order valence-corrected chi connectivity index (χ4v) is 5.74. The van der Waals surface area contributed by atoms with Gasteiger partial charge in [-0.15, -0.1) is 0 Å². The molecule has 0 radical (unpaired) electrons. The van der Waals surface area contributed by atoms with Crippen LogP contribution < -0.4 is 15.6 Å². The van der Waals surface area contributed by atoms with Crippen LogP contribution in [0.4, 0.5) is 10.5 Å². The standard InChI is InChI=1S/C30H40N6O2/c1-21-7-13-25(14-8-21)35-20-30(17-15-24(16-18-30)29(2,3)4)36(28(35)38)19-22-9-11-23(12-10-22)26(37)33-27(31-5)34-32-6/h7-14,24H,6,15-20H2,1-5H3,(H2,31,33,34,37). The summed E-state index contributed by atoms with van der Waals surface area (Å²) in [6, 6.07) is 15.7. The van der Waals surface area contributed by atoms with Crippen LogP contribution in [0.15, 0.2) is 58.6 Å². The molecule has 1 aliphatic carbocycles. The zero-order valence-electron chi connectivity index (χ0n) is 23.3. The number of nitrogens with one attached hydrogen (secondary N) is 2. The first-order chi connectivity index (χ1) is 18.1. The Morgan fingerprint density at radius 3 is 2.26 bits per heavy atom. The van der Waals surface area contributed by atoms with Gasteiger partial charge in [0.25, 0.3) is 5.91 Å². The van der Waals surface area contributed by atoms with Crippen molar-refractivity contribution < 1.29 is 9.59 Å². The van der Waals surface area contributed by atoms with E-state index in [2.05, 4.69) is 72.3 Å². The quantitative estimate of drug-likeness (QED) is 0.320. The Kier molecular flexibility index (Phi) is 7.90. The molecule has 1 heterocycles. The molecule has 38 heavy (non-hydrogen) atoms. The smallest absolute Gasteiger partial charge is 0.313 e. The van der Waals surface area contributed by atoms with Crippen molar-refractivity contribution in [3.05, 3.63) is 65.2 Å². The van der Waals surface area contributed by atoms with Crippen LogP contribution in [0.2, 0.25) is 0 Å². The summed E-state index contributed by atoms with van der Waals surface area (Å²) < 4.78 is 0. The van der Waals surface area contributed by atoms with E-state index in [1.165, 1.54) is 5.56 Å². The molecule has 2 fully saturated rings. The number of anilines is 1. The average Bonchev–Trinajstić information content (AvgIpc) is 3.15. The normalized spacial score (nSPS) is 22.1. The molecule has 0 atom stereocenters. The van der Waals surface area contributed by atoms with Gasteiger partial charge in [0, 0.05) is 31.6 Å². The van der Waals surface area contributed by atoms with Crippen LogP contribution in [0, 0.1) is 18.3 Å².